The zero-order valence-electron chi connectivity index (χ0n) is 21.3. The molecule has 0 saturated carbocycles. The highest BCUT2D eigenvalue weighted by Gasteiger charge is 2.52. The van der Waals surface area contributed by atoms with E-state index in [1.54, 1.807) is 27.7 Å². The number of rotatable bonds is 2. The lowest BCUT2D eigenvalue weighted by atomic mass is 9.86. The van der Waals surface area contributed by atoms with E-state index in [0.29, 0.717) is 0 Å². The van der Waals surface area contributed by atoms with Crippen LogP contribution >= 0.6 is 0 Å². The number of nitrogens with zero attached hydrogens (tertiary/aromatic N) is 2. The van der Waals surface area contributed by atoms with Gasteiger partial charge in [0.25, 0.3) is 0 Å². The van der Waals surface area contributed by atoms with Crippen LogP contribution in [0.25, 0.3) is 5.69 Å². The number of imidazole rings is 1. The Morgan fingerprint density at radius 2 is 1.95 bits per heavy atom. The van der Waals surface area contributed by atoms with Crippen molar-refractivity contribution in [2.24, 2.45) is 0 Å². The molecule has 2 aromatic rings. The van der Waals surface area contributed by atoms with E-state index in [9.17, 15) is 0 Å². The second-order valence-corrected chi connectivity index (χ2v) is 5.86. The normalized spacial score (nSPS) is 26.7. The van der Waals surface area contributed by atoms with E-state index in [4.69, 9.17) is 21.6 Å². The van der Waals surface area contributed by atoms with Crippen molar-refractivity contribution in [1.29, 1.82) is 0 Å². The van der Waals surface area contributed by atoms with E-state index < -0.39 is 73.1 Å². The minimum Gasteiger partial charge on any atom is -0.398 e. The molecule has 1 aliphatic heterocycles. The van der Waals surface area contributed by atoms with Crippen LogP contribution in [0.4, 0.5) is 0 Å². The van der Waals surface area contributed by atoms with Gasteiger partial charge in [-0.2, -0.15) is 0 Å². The first-order chi connectivity index (χ1) is 13.5. The predicted octanol–water partition coefficient (Wildman–Crippen LogP) is 2.48. The third kappa shape index (κ3) is 2.52. The van der Waals surface area contributed by atoms with E-state index in [-0.39, 0.29) is 5.59 Å². The van der Waals surface area contributed by atoms with E-state index >= 15 is 0 Å². The Labute approximate surface area is 138 Å². The van der Waals surface area contributed by atoms with Crippen molar-refractivity contribution in [3.05, 3.63) is 42.2 Å². The molecule has 0 spiro atoms. The van der Waals surface area contributed by atoms with Crippen molar-refractivity contribution in [3.8, 4) is 5.69 Å². The summed E-state index contributed by atoms with van der Waals surface area (Å²) in [6.07, 6.45) is -0.963. The van der Waals surface area contributed by atoms with Crippen molar-refractivity contribution in [3.63, 3.8) is 0 Å². The third-order valence-electron chi connectivity index (χ3n) is 3.81. The molecule has 2 heterocycles. The zero-order valence-corrected chi connectivity index (χ0v) is 12.3. The molecule has 1 saturated heterocycles. The van der Waals surface area contributed by atoms with Crippen LogP contribution in [-0.4, -0.2) is 27.9 Å². The van der Waals surface area contributed by atoms with Crippen LogP contribution in [-0.2, 0) is 9.31 Å². The molecule has 0 bridgehead atoms. The Hall–Kier alpha value is -1.59. The molecule has 0 N–H and O–H groups in total. The SMILES string of the molecule is [2H]c1c([2H])c(-n2c([2H])nc(B3OC(C)(C)C(C)(C)O3)c2[2H])c([2H])c(C([2H])([2H])[2H])c1[2H]. The molecule has 0 amide bonds. The molecule has 5 heteroatoms. The first kappa shape index (κ1) is 7.12. The second-order valence-electron chi connectivity index (χ2n) is 5.86. The van der Waals surface area contributed by atoms with Gasteiger partial charge in [0, 0.05) is 16.0 Å². The van der Waals surface area contributed by atoms with Gasteiger partial charge in [-0.15, -0.1) is 0 Å². The standard InChI is InChI=1S/C16H21BN2O2/c1-12-7-6-8-13(9-12)19-10-14(18-11-19)17-20-15(2,3)16(4,5)21-17/h6-11H,1-5H3/i1D3,6D,7D,8D,9D,10D,11D. The first-order valence-electron chi connectivity index (χ1n) is 11.0. The van der Waals surface area contributed by atoms with Gasteiger partial charge in [0.15, 0.2) is 0 Å². The summed E-state index contributed by atoms with van der Waals surface area (Å²) < 4.78 is 84.3. The summed E-state index contributed by atoms with van der Waals surface area (Å²) in [6, 6.07) is -2.83. The van der Waals surface area contributed by atoms with Crippen molar-refractivity contribution in [2.75, 3.05) is 0 Å². The second kappa shape index (κ2) is 4.72. The largest absolute Gasteiger partial charge is 0.516 e. The molecule has 4 nitrogen and oxygen atoms in total. The molecule has 0 atom stereocenters. The molecule has 0 aliphatic carbocycles. The lowest BCUT2D eigenvalue weighted by Gasteiger charge is -2.32. The predicted molar refractivity (Wildman–Crippen MR) is 84.0 cm³/mol. The van der Waals surface area contributed by atoms with E-state index in [1.165, 1.54) is 0 Å². The highest BCUT2D eigenvalue weighted by Crippen LogP contribution is 2.36. The quantitative estimate of drug-likeness (QED) is 0.798. The van der Waals surface area contributed by atoms with E-state index in [0.717, 1.165) is 4.57 Å². The zero-order chi connectivity index (χ0) is 23.0. The maximum absolute atomic E-state index is 8.48. The topological polar surface area (TPSA) is 36.3 Å². The van der Waals surface area contributed by atoms with Gasteiger partial charge in [-0.1, -0.05) is 12.1 Å². The highest BCUT2D eigenvalue weighted by atomic mass is 16.7. The monoisotopic (exact) mass is 293 g/mol. The summed E-state index contributed by atoms with van der Waals surface area (Å²) in [6.45, 7) is 4.34. The molecular formula is C16H21BN2O2. The Kier molecular flexibility index (Phi) is 1.60. The molecule has 1 aliphatic rings. The fraction of sp³-hybridized carbons (Fsp3) is 0.438. The lowest BCUT2D eigenvalue weighted by molar-refractivity contribution is 0.00578. The highest BCUT2D eigenvalue weighted by molar-refractivity contribution is 6.61. The third-order valence-corrected chi connectivity index (χ3v) is 3.81. The van der Waals surface area contributed by atoms with Crippen LogP contribution in [0.1, 0.15) is 45.6 Å². The van der Waals surface area contributed by atoms with Gasteiger partial charge in [-0.05, 0) is 52.2 Å². The van der Waals surface area contributed by atoms with Gasteiger partial charge in [-0.3, -0.25) is 0 Å². The summed E-state index contributed by atoms with van der Waals surface area (Å²) >= 11 is 0. The minimum atomic E-state index is -2.88. The number of hydrogen-bond donors (Lipinski definition) is 0. The minimum absolute atomic E-state index is 0.0608. The van der Waals surface area contributed by atoms with Crippen LogP contribution in [0.15, 0.2) is 36.6 Å². The number of aromatic nitrogens is 2. The van der Waals surface area contributed by atoms with Gasteiger partial charge in [-0.25, -0.2) is 4.98 Å². The molecule has 0 radical (unpaired) electrons. The average molecular weight is 293 g/mol. The van der Waals surface area contributed by atoms with Crippen LogP contribution in [0, 0.1) is 6.85 Å². The Bertz CT molecular complexity index is 1020. The van der Waals surface area contributed by atoms with Gasteiger partial charge >= 0.3 is 7.12 Å². The van der Waals surface area contributed by atoms with Crippen molar-refractivity contribution in [2.45, 2.75) is 45.7 Å². The molecule has 1 aromatic carbocycles. The van der Waals surface area contributed by atoms with Crippen molar-refractivity contribution in [1.82, 2.24) is 9.55 Å². The molecule has 1 fully saturated rings. The molecule has 110 valence electrons. The average Bonchev–Trinajstić information content (AvgIpc) is 2.97. The van der Waals surface area contributed by atoms with Crippen LogP contribution in [0.3, 0.4) is 0 Å². The number of benzene rings is 1. The summed E-state index contributed by atoms with van der Waals surface area (Å²) in [5.41, 5.74) is -2.70. The van der Waals surface area contributed by atoms with Gasteiger partial charge in [0.1, 0.15) is 1.37 Å². The molecule has 1 aromatic heterocycles. The molecule has 3 rings (SSSR count). The summed E-state index contributed by atoms with van der Waals surface area (Å²) in [5.74, 6) is 0. The van der Waals surface area contributed by atoms with Gasteiger partial charge in [0.2, 0.25) is 0 Å². The fourth-order valence-corrected chi connectivity index (χ4v) is 1.88. The van der Waals surface area contributed by atoms with Crippen LogP contribution in [0.5, 0.6) is 0 Å². The Balaban J connectivity index is 2.24. The summed E-state index contributed by atoms with van der Waals surface area (Å²) in [4.78, 5) is 4.00. The van der Waals surface area contributed by atoms with Crippen LogP contribution < -0.4 is 5.59 Å². The van der Waals surface area contributed by atoms with Crippen molar-refractivity contribution < 1.29 is 21.6 Å². The van der Waals surface area contributed by atoms with Gasteiger partial charge < -0.3 is 13.9 Å². The maximum Gasteiger partial charge on any atom is 0.516 e. The van der Waals surface area contributed by atoms with Gasteiger partial charge in [0.05, 0.1) is 30.0 Å². The van der Waals surface area contributed by atoms with E-state index in [2.05, 4.69) is 4.98 Å². The smallest absolute Gasteiger partial charge is 0.398 e. The van der Waals surface area contributed by atoms with E-state index in [1.807, 2.05) is 0 Å². The number of hydrogen-bond acceptors (Lipinski definition) is 3. The fourth-order valence-electron chi connectivity index (χ4n) is 1.88. The first-order valence-corrected chi connectivity index (χ1v) is 6.54. The molecule has 0 unspecified atom stereocenters. The maximum atomic E-state index is 8.48. The molecular weight excluding hydrogens is 263 g/mol. The summed E-state index contributed by atoms with van der Waals surface area (Å²) in [5, 5.41) is 0. The van der Waals surface area contributed by atoms with Crippen LogP contribution in [0.2, 0.25) is 0 Å². The summed E-state index contributed by atoms with van der Waals surface area (Å²) in [7, 11) is -1.08. The van der Waals surface area contributed by atoms with Crippen molar-refractivity contribution >= 4 is 12.7 Å². The lowest BCUT2D eigenvalue weighted by Crippen LogP contribution is -2.41. The Morgan fingerprint density at radius 1 is 1.24 bits per heavy atom. The Morgan fingerprint density at radius 3 is 2.62 bits per heavy atom. The molecule has 21 heavy (non-hydrogen) atoms.